The molecule has 1 aliphatic heterocycles. The van der Waals surface area contributed by atoms with Gasteiger partial charge in [-0.05, 0) is 42.8 Å². The maximum atomic E-state index is 12.4. The van der Waals surface area contributed by atoms with Crippen LogP contribution in [0.25, 0.3) is 0 Å². The van der Waals surface area contributed by atoms with Crippen LogP contribution in [0.2, 0.25) is 0 Å². The van der Waals surface area contributed by atoms with E-state index < -0.39 is 0 Å². The Hall–Kier alpha value is -2.21. The summed E-state index contributed by atoms with van der Waals surface area (Å²) in [7, 11) is 0. The molecule has 0 radical (unpaired) electrons. The molecule has 0 aromatic carbocycles. The number of aromatic nitrogens is 1. The standard InChI is InChI=1S/C17H19N3O2S/c1-12-10-23-11-15(12)16(21)19-14-4-8-20(9-5-14)17(22)13-2-6-18-7-3-13/h2-3,6-7,10-11,14H,4-5,8-9H2,1H3,(H,19,21). The van der Waals surface area contributed by atoms with E-state index in [4.69, 9.17) is 0 Å². The van der Waals surface area contributed by atoms with Crippen LogP contribution < -0.4 is 5.32 Å². The van der Waals surface area contributed by atoms with Gasteiger partial charge in [0, 0.05) is 42.5 Å². The first kappa shape index (κ1) is 15.7. The van der Waals surface area contributed by atoms with Gasteiger partial charge in [0.05, 0.1) is 5.56 Å². The van der Waals surface area contributed by atoms with E-state index >= 15 is 0 Å². The van der Waals surface area contributed by atoms with Crippen LogP contribution in [0.3, 0.4) is 0 Å². The molecule has 2 aromatic rings. The molecule has 120 valence electrons. The zero-order valence-electron chi connectivity index (χ0n) is 13.0. The lowest BCUT2D eigenvalue weighted by Crippen LogP contribution is -2.46. The molecule has 0 saturated carbocycles. The van der Waals surface area contributed by atoms with Gasteiger partial charge in [-0.3, -0.25) is 14.6 Å². The lowest BCUT2D eigenvalue weighted by Gasteiger charge is -2.32. The van der Waals surface area contributed by atoms with E-state index in [-0.39, 0.29) is 17.9 Å². The number of carbonyl (C=O) groups excluding carboxylic acids is 2. The second-order valence-corrected chi connectivity index (χ2v) is 6.49. The number of piperidine rings is 1. The van der Waals surface area contributed by atoms with Crippen LogP contribution in [-0.2, 0) is 0 Å². The third-order valence-corrected chi connectivity index (χ3v) is 5.01. The number of aryl methyl sites for hydroxylation is 1. The van der Waals surface area contributed by atoms with Crippen LogP contribution in [0.4, 0.5) is 0 Å². The maximum Gasteiger partial charge on any atom is 0.253 e. The third kappa shape index (κ3) is 3.59. The fourth-order valence-corrected chi connectivity index (χ4v) is 3.59. The van der Waals surface area contributed by atoms with E-state index in [1.165, 1.54) is 11.3 Å². The summed E-state index contributed by atoms with van der Waals surface area (Å²) < 4.78 is 0. The number of amides is 2. The Morgan fingerprint density at radius 1 is 1.22 bits per heavy atom. The highest BCUT2D eigenvalue weighted by Crippen LogP contribution is 2.17. The number of hydrogen-bond acceptors (Lipinski definition) is 4. The second kappa shape index (κ2) is 6.91. The Kier molecular flexibility index (Phi) is 4.71. The van der Waals surface area contributed by atoms with Crippen molar-refractivity contribution in [1.29, 1.82) is 0 Å². The Balaban J connectivity index is 1.54. The van der Waals surface area contributed by atoms with Crippen LogP contribution in [0, 0.1) is 6.92 Å². The van der Waals surface area contributed by atoms with Gasteiger partial charge in [-0.2, -0.15) is 11.3 Å². The second-order valence-electron chi connectivity index (χ2n) is 5.74. The minimum atomic E-state index is -0.0114. The highest BCUT2D eigenvalue weighted by Gasteiger charge is 2.25. The van der Waals surface area contributed by atoms with Crippen molar-refractivity contribution in [3.63, 3.8) is 0 Å². The monoisotopic (exact) mass is 329 g/mol. The number of rotatable bonds is 3. The molecule has 6 heteroatoms. The smallest absolute Gasteiger partial charge is 0.253 e. The predicted octanol–water partition coefficient (Wildman–Crippen LogP) is 2.49. The summed E-state index contributed by atoms with van der Waals surface area (Å²) in [5, 5.41) is 6.94. The van der Waals surface area contributed by atoms with Gasteiger partial charge in [0.15, 0.2) is 0 Å². The van der Waals surface area contributed by atoms with Crippen molar-refractivity contribution in [3.05, 3.63) is 52.0 Å². The fourth-order valence-electron chi connectivity index (χ4n) is 2.76. The molecule has 0 bridgehead atoms. The van der Waals surface area contributed by atoms with Crippen molar-refractivity contribution < 1.29 is 9.59 Å². The van der Waals surface area contributed by atoms with Crippen LogP contribution in [0.5, 0.6) is 0 Å². The Bertz CT molecular complexity index is 691. The minimum absolute atomic E-state index is 0.0114. The number of pyridine rings is 1. The highest BCUT2D eigenvalue weighted by atomic mass is 32.1. The molecule has 0 atom stereocenters. The summed E-state index contributed by atoms with van der Waals surface area (Å²) in [5.41, 5.74) is 2.43. The predicted molar refractivity (Wildman–Crippen MR) is 89.7 cm³/mol. The molecule has 3 heterocycles. The SMILES string of the molecule is Cc1cscc1C(=O)NC1CCN(C(=O)c2ccncc2)CC1. The van der Waals surface area contributed by atoms with Crippen LogP contribution in [0.15, 0.2) is 35.3 Å². The van der Waals surface area contributed by atoms with Crippen LogP contribution >= 0.6 is 11.3 Å². The molecule has 2 amide bonds. The van der Waals surface area contributed by atoms with Crippen LogP contribution in [0.1, 0.15) is 39.1 Å². The summed E-state index contributed by atoms with van der Waals surface area (Å²) in [5.74, 6) is 0.0218. The third-order valence-electron chi connectivity index (χ3n) is 4.14. The zero-order chi connectivity index (χ0) is 16.2. The van der Waals surface area contributed by atoms with Gasteiger partial charge >= 0.3 is 0 Å². The van der Waals surface area contributed by atoms with E-state index in [9.17, 15) is 9.59 Å². The summed E-state index contributed by atoms with van der Waals surface area (Å²) in [4.78, 5) is 30.4. The first-order valence-electron chi connectivity index (χ1n) is 7.68. The van der Waals surface area contributed by atoms with E-state index in [0.717, 1.165) is 24.0 Å². The molecule has 0 aliphatic carbocycles. The molecule has 5 nitrogen and oxygen atoms in total. The molecule has 1 N–H and O–H groups in total. The molecular weight excluding hydrogens is 310 g/mol. The first-order chi connectivity index (χ1) is 11.1. The number of carbonyl (C=O) groups is 2. The number of thiophene rings is 1. The largest absolute Gasteiger partial charge is 0.349 e. The summed E-state index contributed by atoms with van der Waals surface area (Å²) in [6, 6.07) is 3.59. The zero-order valence-corrected chi connectivity index (χ0v) is 13.8. The van der Waals surface area contributed by atoms with E-state index in [2.05, 4.69) is 10.3 Å². The summed E-state index contributed by atoms with van der Waals surface area (Å²) >= 11 is 1.54. The quantitative estimate of drug-likeness (QED) is 0.941. The maximum absolute atomic E-state index is 12.4. The Morgan fingerprint density at radius 3 is 2.52 bits per heavy atom. The van der Waals surface area contributed by atoms with Gasteiger partial charge in [-0.1, -0.05) is 0 Å². The lowest BCUT2D eigenvalue weighted by atomic mass is 10.0. The number of likely N-dealkylation sites (tertiary alicyclic amines) is 1. The molecule has 1 aliphatic rings. The molecule has 1 saturated heterocycles. The van der Waals surface area contributed by atoms with Crippen molar-refractivity contribution in [2.75, 3.05) is 13.1 Å². The first-order valence-corrected chi connectivity index (χ1v) is 8.62. The van der Waals surface area contributed by atoms with Gasteiger partial charge in [-0.15, -0.1) is 0 Å². The molecule has 2 aromatic heterocycles. The van der Waals surface area contributed by atoms with Crippen molar-refractivity contribution in [1.82, 2.24) is 15.2 Å². The molecule has 0 spiro atoms. The van der Waals surface area contributed by atoms with Crippen LogP contribution in [-0.4, -0.2) is 40.8 Å². The number of nitrogens with zero attached hydrogens (tertiary/aromatic N) is 2. The van der Waals surface area contributed by atoms with E-state index in [0.29, 0.717) is 18.7 Å². The van der Waals surface area contributed by atoms with Gasteiger partial charge in [0.25, 0.3) is 11.8 Å². The van der Waals surface area contributed by atoms with Gasteiger partial charge < -0.3 is 10.2 Å². The average Bonchev–Trinajstić information content (AvgIpc) is 3.02. The normalized spacial score (nSPS) is 15.4. The number of hydrogen-bond donors (Lipinski definition) is 1. The minimum Gasteiger partial charge on any atom is -0.349 e. The van der Waals surface area contributed by atoms with Crippen molar-refractivity contribution in [2.45, 2.75) is 25.8 Å². The lowest BCUT2D eigenvalue weighted by molar-refractivity contribution is 0.0698. The highest BCUT2D eigenvalue weighted by molar-refractivity contribution is 7.08. The number of nitrogens with one attached hydrogen (secondary N) is 1. The summed E-state index contributed by atoms with van der Waals surface area (Å²) in [6.07, 6.45) is 4.82. The fraction of sp³-hybridized carbons (Fsp3) is 0.353. The van der Waals surface area contributed by atoms with Crippen molar-refractivity contribution in [2.24, 2.45) is 0 Å². The van der Waals surface area contributed by atoms with Gasteiger partial charge in [-0.25, -0.2) is 0 Å². The van der Waals surface area contributed by atoms with Crippen molar-refractivity contribution in [3.8, 4) is 0 Å². The van der Waals surface area contributed by atoms with Gasteiger partial charge in [0.2, 0.25) is 0 Å². The molecule has 3 rings (SSSR count). The Labute approximate surface area is 139 Å². The molecule has 23 heavy (non-hydrogen) atoms. The van der Waals surface area contributed by atoms with E-state index in [1.807, 2.05) is 22.6 Å². The topological polar surface area (TPSA) is 62.3 Å². The molecule has 0 unspecified atom stereocenters. The average molecular weight is 329 g/mol. The van der Waals surface area contributed by atoms with Gasteiger partial charge in [0.1, 0.15) is 0 Å². The van der Waals surface area contributed by atoms with Crippen molar-refractivity contribution >= 4 is 23.2 Å². The summed E-state index contributed by atoms with van der Waals surface area (Å²) in [6.45, 7) is 3.27. The molecular formula is C17H19N3O2S. The molecule has 1 fully saturated rings. The Morgan fingerprint density at radius 2 is 1.91 bits per heavy atom. The van der Waals surface area contributed by atoms with E-state index in [1.54, 1.807) is 24.5 Å².